The van der Waals surface area contributed by atoms with E-state index in [2.05, 4.69) is 27.8 Å². The fourth-order valence-electron chi connectivity index (χ4n) is 6.02. The molecule has 0 radical (unpaired) electrons. The van der Waals surface area contributed by atoms with Gasteiger partial charge in [-0.05, 0) is 55.0 Å². The molecule has 0 spiro atoms. The van der Waals surface area contributed by atoms with E-state index in [9.17, 15) is 14.4 Å². The summed E-state index contributed by atoms with van der Waals surface area (Å²) in [6.07, 6.45) is 3.80. The van der Waals surface area contributed by atoms with Crippen LogP contribution in [0.3, 0.4) is 0 Å². The molecule has 0 unspecified atom stereocenters. The largest absolute Gasteiger partial charge is 0.356 e. The molecule has 3 N–H and O–H groups in total. The highest BCUT2D eigenvalue weighted by Crippen LogP contribution is 2.42. The van der Waals surface area contributed by atoms with Crippen molar-refractivity contribution in [3.63, 3.8) is 0 Å². The lowest BCUT2D eigenvalue weighted by Crippen LogP contribution is -2.43. The van der Waals surface area contributed by atoms with Gasteiger partial charge in [-0.25, -0.2) is 0 Å². The van der Waals surface area contributed by atoms with Crippen LogP contribution >= 0.6 is 0 Å². The molecule has 0 aromatic heterocycles. The first-order chi connectivity index (χ1) is 20.5. The van der Waals surface area contributed by atoms with Gasteiger partial charge in [0.15, 0.2) is 0 Å². The quantitative estimate of drug-likeness (QED) is 0.254. The van der Waals surface area contributed by atoms with Crippen LogP contribution in [-0.4, -0.2) is 61.9 Å². The highest BCUT2D eigenvalue weighted by atomic mass is 16.2. The van der Waals surface area contributed by atoms with Gasteiger partial charge in [-0.15, -0.1) is 0 Å². The predicted molar refractivity (Wildman–Crippen MR) is 167 cm³/mol. The Bertz CT molecular complexity index is 1170. The first kappa shape index (κ1) is 31.0. The Morgan fingerprint density at radius 2 is 1.33 bits per heavy atom. The topological polar surface area (TPSA) is 90.5 Å². The first-order valence-electron chi connectivity index (χ1n) is 15.2. The minimum absolute atomic E-state index is 0.0645. The molecule has 0 bridgehead atoms. The zero-order valence-corrected chi connectivity index (χ0v) is 24.7. The Kier molecular flexibility index (Phi) is 11.7. The molecular weight excluding hydrogens is 524 g/mol. The third-order valence-corrected chi connectivity index (χ3v) is 8.08. The smallest absolute Gasteiger partial charge is 0.239 e. The number of rotatable bonds is 14. The minimum atomic E-state index is -0.728. The number of likely N-dealkylation sites (tertiary alicyclic amines) is 1. The first-order valence-corrected chi connectivity index (χ1v) is 15.2. The molecule has 3 amide bonds. The van der Waals surface area contributed by atoms with Gasteiger partial charge >= 0.3 is 0 Å². The van der Waals surface area contributed by atoms with Gasteiger partial charge in [-0.3, -0.25) is 14.4 Å². The summed E-state index contributed by atoms with van der Waals surface area (Å²) in [6, 6.07) is 30.0. The lowest BCUT2D eigenvalue weighted by atomic mass is 9.67. The maximum Gasteiger partial charge on any atom is 0.239 e. The standard InChI is InChI=1S/C35H44N4O3/c1-2-22-39-23-12-13-28(27-39)25-37-32(40)20-21-36-34(42)26-38-33(41)24-35(29-14-6-3-7-15-29,30-16-8-4-9-17-30)31-18-10-5-11-19-31/h3-11,14-19,28H,2,12-13,20-27H2,1H3,(H,36,42)(H,37,40)(H,38,41)/t28-/m1/s1. The van der Waals surface area contributed by atoms with E-state index >= 15 is 0 Å². The zero-order valence-electron chi connectivity index (χ0n) is 24.7. The van der Waals surface area contributed by atoms with E-state index in [1.165, 1.54) is 6.42 Å². The van der Waals surface area contributed by atoms with Gasteiger partial charge in [0.1, 0.15) is 0 Å². The number of carbonyl (C=O) groups is 3. The summed E-state index contributed by atoms with van der Waals surface area (Å²) in [5.74, 6) is -0.133. The Morgan fingerprint density at radius 3 is 1.88 bits per heavy atom. The third-order valence-electron chi connectivity index (χ3n) is 8.08. The van der Waals surface area contributed by atoms with Gasteiger partial charge in [0.25, 0.3) is 0 Å². The van der Waals surface area contributed by atoms with Gasteiger partial charge in [-0.1, -0.05) is 97.9 Å². The van der Waals surface area contributed by atoms with Crippen LogP contribution in [0.25, 0.3) is 0 Å². The Balaban J connectivity index is 1.30. The summed E-state index contributed by atoms with van der Waals surface area (Å²) in [6.45, 7) is 6.24. The molecule has 1 saturated heterocycles. The number of piperidine rings is 1. The molecule has 1 atom stereocenters. The van der Waals surface area contributed by atoms with E-state index < -0.39 is 5.41 Å². The van der Waals surface area contributed by atoms with E-state index in [0.717, 1.165) is 49.2 Å². The van der Waals surface area contributed by atoms with Crippen molar-refractivity contribution in [1.29, 1.82) is 0 Å². The predicted octanol–water partition coefficient (Wildman–Crippen LogP) is 4.27. The minimum Gasteiger partial charge on any atom is -0.356 e. The molecule has 3 aromatic rings. The second-order valence-electron chi connectivity index (χ2n) is 11.2. The zero-order chi connectivity index (χ0) is 29.6. The Morgan fingerprint density at radius 1 is 0.762 bits per heavy atom. The van der Waals surface area contributed by atoms with Gasteiger partial charge in [0.05, 0.1) is 12.0 Å². The second kappa shape index (κ2) is 15.9. The molecule has 7 heteroatoms. The van der Waals surface area contributed by atoms with Crippen LogP contribution in [0.2, 0.25) is 0 Å². The number of hydrogen-bond donors (Lipinski definition) is 3. The number of carbonyl (C=O) groups excluding carboxylic acids is 3. The normalized spacial score (nSPS) is 15.5. The van der Waals surface area contributed by atoms with Crippen LogP contribution in [-0.2, 0) is 19.8 Å². The van der Waals surface area contributed by atoms with Crippen molar-refractivity contribution in [2.24, 2.45) is 5.92 Å². The molecule has 1 aliphatic heterocycles. The summed E-state index contributed by atoms with van der Waals surface area (Å²) in [5.41, 5.74) is 2.27. The molecular formula is C35H44N4O3. The maximum atomic E-state index is 13.4. The molecule has 1 aliphatic rings. The van der Waals surface area contributed by atoms with Crippen molar-refractivity contribution in [3.8, 4) is 0 Å². The fourth-order valence-corrected chi connectivity index (χ4v) is 6.02. The molecule has 7 nitrogen and oxygen atoms in total. The highest BCUT2D eigenvalue weighted by molar-refractivity contribution is 5.86. The number of nitrogens with zero attached hydrogens (tertiary/aromatic N) is 1. The third kappa shape index (κ3) is 8.52. The Labute approximate surface area is 250 Å². The maximum absolute atomic E-state index is 13.4. The van der Waals surface area contributed by atoms with Gasteiger partial charge < -0.3 is 20.9 Å². The Hall–Kier alpha value is -3.97. The van der Waals surface area contributed by atoms with E-state index in [1.807, 2.05) is 91.0 Å². The van der Waals surface area contributed by atoms with Crippen LogP contribution in [0, 0.1) is 5.92 Å². The number of nitrogens with one attached hydrogen (secondary N) is 3. The van der Waals surface area contributed by atoms with Gasteiger partial charge in [-0.2, -0.15) is 0 Å². The molecule has 1 heterocycles. The monoisotopic (exact) mass is 568 g/mol. The molecule has 4 rings (SSSR count). The second-order valence-corrected chi connectivity index (χ2v) is 11.2. The van der Waals surface area contributed by atoms with Crippen molar-refractivity contribution in [2.75, 3.05) is 39.3 Å². The average molecular weight is 569 g/mol. The van der Waals surface area contributed by atoms with Crippen molar-refractivity contribution >= 4 is 17.7 Å². The van der Waals surface area contributed by atoms with E-state index in [4.69, 9.17) is 0 Å². The lowest BCUT2D eigenvalue weighted by molar-refractivity contribution is -0.126. The van der Waals surface area contributed by atoms with E-state index in [0.29, 0.717) is 12.5 Å². The lowest BCUT2D eigenvalue weighted by Gasteiger charge is -2.35. The summed E-state index contributed by atoms with van der Waals surface area (Å²) >= 11 is 0. The average Bonchev–Trinajstić information content (AvgIpc) is 3.03. The van der Waals surface area contributed by atoms with Crippen LogP contribution in [0.5, 0.6) is 0 Å². The number of hydrogen-bond acceptors (Lipinski definition) is 4. The molecule has 0 saturated carbocycles. The van der Waals surface area contributed by atoms with Gasteiger partial charge in [0, 0.05) is 32.5 Å². The number of amides is 3. The summed E-state index contributed by atoms with van der Waals surface area (Å²) in [4.78, 5) is 40.8. The van der Waals surface area contributed by atoms with Gasteiger partial charge in [0.2, 0.25) is 17.7 Å². The molecule has 1 fully saturated rings. The van der Waals surface area contributed by atoms with Crippen LogP contribution < -0.4 is 16.0 Å². The molecule has 42 heavy (non-hydrogen) atoms. The highest BCUT2D eigenvalue weighted by Gasteiger charge is 2.38. The molecule has 3 aromatic carbocycles. The van der Waals surface area contributed by atoms with E-state index in [1.54, 1.807) is 0 Å². The summed E-state index contributed by atoms with van der Waals surface area (Å²) in [5, 5.41) is 8.60. The molecule has 0 aliphatic carbocycles. The van der Waals surface area contributed by atoms with Crippen LogP contribution in [0.4, 0.5) is 0 Å². The number of benzene rings is 3. The van der Waals surface area contributed by atoms with Crippen molar-refractivity contribution in [2.45, 2.75) is 44.4 Å². The van der Waals surface area contributed by atoms with Crippen molar-refractivity contribution in [1.82, 2.24) is 20.9 Å². The summed E-state index contributed by atoms with van der Waals surface area (Å²) in [7, 11) is 0. The van der Waals surface area contributed by atoms with Crippen LogP contribution in [0.15, 0.2) is 91.0 Å². The van der Waals surface area contributed by atoms with E-state index in [-0.39, 0.29) is 43.7 Å². The molecule has 222 valence electrons. The van der Waals surface area contributed by atoms with Crippen molar-refractivity contribution in [3.05, 3.63) is 108 Å². The SMILES string of the molecule is CCCN1CCC[C@H](CNC(=O)CCNC(=O)CNC(=O)CC(c2ccccc2)(c2ccccc2)c2ccccc2)C1. The summed E-state index contributed by atoms with van der Waals surface area (Å²) < 4.78 is 0. The van der Waals surface area contributed by atoms with Crippen molar-refractivity contribution < 1.29 is 14.4 Å². The van der Waals surface area contributed by atoms with Crippen LogP contribution in [0.1, 0.15) is 55.7 Å². The fraction of sp³-hybridized carbons (Fsp3) is 0.400.